The molecule has 1 amide bonds. The molecular weight excluding hydrogens is 240 g/mol. The van der Waals surface area contributed by atoms with Gasteiger partial charge in [-0.1, -0.05) is 30.3 Å². The standard InChI is InChI=1S/C15H24N2O2/c1-15(2,3)17(14(18)19)12-11-16-10-9-13-7-5-4-6-8-13/h4-8,16H,9-12H2,1-3H3,(H,18,19). The van der Waals surface area contributed by atoms with Gasteiger partial charge >= 0.3 is 6.09 Å². The smallest absolute Gasteiger partial charge is 0.407 e. The first-order chi connectivity index (χ1) is 8.91. The summed E-state index contributed by atoms with van der Waals surface area (Å²) in [7, 11) is 0. The SMILES string of the molecule is CC(C)(C)N(CCNCCc1ccccc1)C(=O)O. The summed E-state index contributed by atoms with van der Waals surface area (Å²) < 4.78 is 0. The maximum absolute atomic E-state index is 11.1. The number of nitrogens with one attached hydrogen (secondary N) is 1. The third-order valence-corrected chi connectivity index (χ3v) is 2.99. The molecule has 1 aromatic rings. The van der Waals surface area contributed by atoms with E-state index in [9.17, 15) is 4.79 Å². The number of amides is 1. The molecule has 0 atom stereocenters. The molecule has 0 saturated heterocycles. The highest BCUT2D eigenvalue weighted by Crippen LogP contribution is 2.12. The molecule has 0 heterocycles. The molecule has 1 rings (SSSR count). The van der Waals surface area contributed by atoms with Crippen LogP contribution in [0.2, 0.25) is 0 Å². The molecule has 0 fully saturated rings. The Labute approximate surface area is 115 Å². The van der Waals surface area contributed by atoms with E-state index in [0.29, 0.717) is 13.1 Å². The second-order valence-corrected chi connectivity index (χ2v) is 5.59. The van der Waals surface area contributed by atoms with Crippen molar-refractivity contribution in [2.24, 2.45) is 0 Å². The molecule has 0 bridgehead atoms. The van der Waals surface area contributed by atoms with Gasteiger partial charge in [-0.2, -0.15) is 0 Å². The van der Waals surface area contributed by atoms with Crippen molar-refractivity contribution in [1.82, 2.24) is 10.2 Å². The van der Waals surface area contributed by atoms with Crippen LogP contribution in [0.5, 0.6) is 0 Å². The summed E-state index contributed by atoms with van der Waals surface area (Å²) in [4.78, 5) is 12.6. The first-order valence-electron chi connectivity index (χ1n) is 6.66. The summed E-state index contributed by atoms with van der Waals surface area (Å²) in [6.07, 6.45) is 0.0982. The average molecular weight is 264 g/mol. The summed E-state index contributed by atoms with van der Waals surface area (Å²) in [6, 6.07) is 10.3. The van der Waals surface area contributed by atoms with Crippen LogP contribution in [0, 0.1) is 0 Å². The topological polar surface area (TPSA) is 52.6 Å². The van der Waals surface area contributed by atoms with Crippen LogP contribution in [0.25, 0.3) is 0 Å². The number of nitrogens with zero attached hydrogens (tertiary/aromatic N) is 1. The van der Waals surface area contributed by atoms with Crippen molar-refractivity contribution < 1.29 is 9.90 Å². The zero-order chi connectivity index (χ0) is 14.3. The molecule has 2 N–H and O–H groups in total. The van der Waals surface area contributed by atoms with E-state index >= 15 is 0 Å². The number of rotatable bonds is 6. The highest BCUT2D eigenvalue weighted by Gasteiger charge is 2.25. The second-order valence-electron chi connectivity index (χ2n) is 5.59. The number of carbonyl (C=O) groups is 1. The van der Waals surface area contributed by atoms with Crippen LogP contribution in [0.4, 0.5) is 4.79 Å². The van der Waals surface area contributed by atoms with Gasteiger partial charge in [-0.05, 0) is 39.3 Å². The number of hydrogen-bond donors (Lipinski definition) is 2. The van der Waals surface area contributed by atoms with Gasteiger partial charge in [-0.15, -0.1) is 0 Å². The van der Waals surface area contributed by atoms with Crippen molar-refractivity contribution in [2.45, 2.75) is 32.7 Å². The zero-order valence-corrected chi connectivity index (χ0v) is 12.0. The fourth-order valence-electron chi connectivity index (χ4n) is 1.91. The lowest BCUT2D eigenvalue weighted by Crippen LogP contribution is -2.48. The minimum absolute atomic E-state index is 0.354. The van der Waals surface area contributed by atoms with E-state index in [1.165, 1.54) is 10.5 Å². The maximum atomic E-state index is 11.1. The van der Waals surface area contributed by atoms with Crippen LogP contribution in [-0.2, 0) is 6.42 Å². The van der Waals surface area contributed by atoms with E-state index < -0.39 is 6.09 Å². The Bertz CT molecular complexity index is 385. The maximum Gasteiger partial charge on any atom is 0.407 e. The summed E-state index contributed by atoms with van der Waals surface area (Å²) in [5.74, 6) is 0. The van der Waals surface area contributed by atoms with Crippen molar-refractivity contribution >= 4 is 6.09 Å². The first-order valence-corrected chi connectivity index (χ1v) is 6.66. The van der Waals surface area contributed by atoms with E-state index in [1.807, 2.05) is 39.0 Å². The van der Waals surface area contributed by atoms with Crippen LogP contribution >= 0.6 is 0 Å². The summed E-state index contributed by atoms with van der Waals surface area (Å²) in [6.45, 7) is 7.77. The summed E-state index contributed by atoms with van der Waals surface area (Å²) in [5, 5.41) is 12.4. The molecule has 0 spiro atoms. The molecular formula is C15H24N2O2. The van der Waals surface area contributed by atoms with E-state index in [-0.39, 0.29) is 5.54 Å². The Morgan fingerprint density at radius 1 is 1.21 bits per heavy atom. The molecule has 19 heavy (non-hydrogen) atoms. The molecule has 4 nitrogen and oxygen atoms in total. The zero-order valence-electron chi connectivity index (χ0n) is 12.0. The molecule has 106 valence electrons. The minimum atomic E-state index is -0.864. The fourth-order valence-corrected chi connectivity index (χ4v) is 1.91. The number of hydrogen-bond acceptors (Lipinski definition) is 2. The molecule has 4 heteroatoms. The molecule has 1 aromatic carbocycles. The lowest BCUT2D eigenvalue weighted by atomic mass is 10.1. The number of carboxylic acid groups (broad SMARTS) is 1. The van der Waals surface area contributed by atoms with Crippen LogP contribution in [0.15, 0.2) is 30.3 Å². The van der Waals surface area contributed by atoms with Crippen LogP contribution in [0.3, 0.4) is 0 Å². The van der Waals surface area contributed by atoms with Crippen LogP contribution in [0.1, 0.15) is 26.3 Å². The van der Waals surface area contributed by atoms with Gasteiger partial charge in [0.05, 0.1) is 0 Å². The minimum Gasteiger partial charge on any atom is -0.465 e. The van der Waals surface area contributed by atoms with Crippen LogP contribution in [-0.4, -0.2) is 41.3 Å². The summed E-state index contributed by atoms with van der Waals surface area (Å²) >= 11 is 0. The fraction of sp³-hybridized carbons (Fsp3) is 0.533. The highest BCUT2D eigenvalue weighted by atomic mass is 16.4. The largest absolute Gasteiger partial charge is 0.465 e. The lowest BCUT2D eigenvalue weighted by molar-refractivity contribution is 0.101. The molecule has 0 aromatic heterocycles. The Morgan fingerprint density at radius 3 is 2.37 bits per heavy atom. The van der Waals surface area contributed by atoms with E-state index in [2.05, 4.69) is 17.4 Å². The molecule has 0 saturated carbocycles. The van der Waals surface area contributed by atoms with Gasteiger partial charge in [-0.3, -0.25) is 0 Å². The first kappa shape index (κ1) is 15.5. The third-order valence-electron chi connectivity index (χ3n) is 2.99. The van der Waals surface area contributed by atoms with Crippen molar-refractivity contribution in [3.63, 3.8) is 0 Å². The van der Waals surface area contributed by atoms with Crippen LogP contribution < -0.4 is 5.32 Å². The van der Waals surface area contributed by atoms with Gasteiger partial charge in [0.2, 0.25) is 0 Å². The van der Waals surface area contributed by atoms with E-state index in [0.717, 1.165) is 13.0 Å². The highest BCUT2D eigenvalue weighted by molar-refractivity contribution is 5.65. The van der Waals surface area contributed by atoms with Gasteiger partial charge in [0.1, 0.15) is 0 Å². The lowest BCUT2D eigenvalue weighted by Gasteiger charge is -2.33. The van der Waals surface area contributed by atoms with E-state index in [1.54, 1.807) is 0 Å². The monoisotopic (exact) mass is 264 g/mol. The van der Waals surface area contributed by atoms with Gasteiger partial charge in [0.25, 0.3) is 0 Å². The Balaban J connectivity index is 2.25. The van der Waals surface area contributed by atoms with Crippen molar-refractivity contribution in [3.8, 4) is 0 Å². The van der Waals surface area contributed by atoms with E-state index in [4.69, 9.17) is 5.11 Å². The Hall–Kier alpha value is -1.55. The van der Waals surface area contributed by atoms with Crippen molar-refractivity contribution in [1.29, 1.82) is 0 Å². The third kappa shape index (κ3) is 5.75. The molecule has 0 aliphatic rings. The van der Waals surface area contributed by atoms with Gasteiger partial charge in [0, 0.05) is 18.6 Å². The van der Waals surface area contributed by atoms with Gasteiger partial charge < -0.3 is 15.3 Å². The Morgan fingerprint density at radius 2 is 1.84 bits per heavy atom. The normalized spacial score (nSPS) is 11.3. The predicted octanol–water partition coefficient (Wildman–Crippen LogP) is 2.60. The molecule has 0 radical (unpaired) electrons. The average Bonchev–Trinajstić information content (AvgIpc) is 2.32. The summed E-state index contributed by atoms with van der Waals surface area (Å²) in [5.41, 5.74) is 0.938. The van der Waals surface area contributed by atoms with Crippen molar-refractivity contribution in [3.05, 3.63) is 35.9 Å². The predicted molar refractivity (Wildman–Crippen MR) is 77.5 cm³/mol. The molecule has 0 unspecified atom stereocenters. The molecule has 0 aliphatic heterocycles. The Kier molecular flexibility index (Phi) is 5.83. The number of benzene rings is 1. The van der Waals surface area contributed by atoms with Gasteiger partial charge in [-0.25, -0.2) is 4.79 Å². The van der Waals surface area contributed by atoms with Gasteiger partial charge in [0.15, 0.2) is 0 Å². The quantitative estimate of drug-likeness (QED) is 0.777. The van der Waals surface area contributed by atoms with Crippen molar-refractivity contribution in [2.75, 3.05) is 19.6 Å². The second kappa shape index (κ2) is 7.14. The molecule has 0 aliphatic carbocycles.